The Labute approximate surface area is 123 Å². The van der Waals surface area contributed by atoms with Crippen LogP contribution in [0.1, 0.15) is 5.69 Å². The van der Waals surface area contributed by atoms with Crippen molar-refractivity contribution >= 4 is 27.3 Å². The molecule has 2 rings (SSSR count). The predicted octanol–water partition coefficient (Wildman–Crippen LogP) is 3.26. The average Bonchev–Trinajstić information content (AvgIpc) is 2.30. The van der Waals surface area contributed by atoms with Crippen LogP contribution >= 0.6 is 11.6 Å². The molecule has 1 heterocycles. The molecular formula is C12H8ClF3N2O2S. The second kappa shape index (κ2) is 5.53. The summed E-state index contributed by atoms with van der Waals surface area (Å²) in [6.45, 7) is 1.46. The zero-order valence-electron chi connectivity index (χ0n) is 10.5. The van der Waals surface area contributed by atoms with E-state index in [4.69, 9.17) is 11.6 Å². The van der Waals surface area contributed by atoms with Crippen molar-refractivity contribution in [2.24, 2.45) is 0 Å². The number of nitrogens with zero attached hydrogens (tertiary/aromatic N) is 1. The normalized spacial score (nSPS) is 11.5. The van der Waals surface area contributed by atoms with Crippen molar-refractivity contribution in [1.29, 1.82) is 0 Å². The molecule has 1 N–H and O–H groups in total. The lowest BCUT2D eigenvalue weighted by Gasteiger charge is -2.11. The van der Waals surface area contributed by atoms with E-state index in [2.05, 4.69) is 4.98 Å². The molecule has 21 heavy (non-hydrogen) atoms. The fourth-order valence-electron chi connectivity index (χ4n) is 1.62. The molecule has 0 spiro atoms. The highest BCUT2D eigenvalue weighted by molar-refractivity contribution is 7.92. The smallest absolute Gasteiger partial charge is 0.267 e. The molecule has 0 unspecified atom stereocenters. The highest BCUT2D eigenvalue weighted by atomic mass is 35.5. The van der Waals surface area contributed by atoms with Crippen LogP contribution < -0.4 is 4.72 Å². The summed E-state index contributed by atoms with van der Waals surface area (Å²) in [5, 5.41) is 0.134. The number of pyridine rings is 1. The van der Waals surface area contributed by atoms with Crippen LogP contribution in [0.5, 0.6) is 0 Å². The first-order chi connectivity index (χ1) is 9.70. The Bertz CT molecular complexity index is 789. The van der Waals surface area contributed by atoms with Gasteiger partial charge >= 0.3 is 0 Å². The number of hydrogen-bond acceptors (Lipinski definition) is 3. The van der Waals surface area contributed by atoms with Crippen molar-refractivity contribution in [3.63, 3.8) is 0 Å². The van der Waals surface area contributed by atoms with E-state index in [0.29, 0.717) is 0 Å². The number of anilines is 1. The molecule has 0 fully saturated rings. The fraction of sp³-hybridized carbons (Fsp3) is 0.0833. The summed E-state index contributed by atoms with van der Waals surface area (Å²) >= 11 is 5.62. The van der Waals surface area contributed by atoms with Crippen molar-refractivity contribution in [1.82, 2.24) is 4.98 Å². The Kier molecular flexibility index (Phi) is 4.11. The maximum absolute atomic E-state index is 13.5. The van der Waals surface area contributed by atoms with Gasteiger partial charge in [-0.25, -0.2) is 26.6 Å². The minimum absolute atomic E-state index is 0.00234. The summed E-state index contributed by atoms with van der Waals surface area (Å²) < 4.78 is 65.9. The zero-order valence-corrected chi connectivity index (χ0v) is 12.1. The molecule has 0 aliphatic heterocycles. The molecule has 0 bridgehead atoms. The van der Waals surface area contributed by atoms with Gasteiger partial charge < -0.3 is 0 Å². The van der Waals surface area contributed by atoms with E-state index in [1.807, 2.05) is 4.72 Å². The number of hydrogen-bond donors (Lipinski definition) is 1. The highest BCUT2D eigenvalue weighted by Gasteiger charge is 2.25. The van der Waals surface area contributed by atoms with E-state index >= 15 is 0 Å². The molecule has 0 saturated carbocycles. The van der Waals surface area contributed by atoms with Crippen LogP contribution in [0.25, 0.3) is 0 Å². The second-order valence-corrected chi connectivity index (χ2v) is 6.08. The van der Waals surface area contributed by atoms with Crippen LogP contribution in [0.4, 0.5) is 18.9 Å². The Morgan fingerprint density at radius 2 is 1.71 bits per heavy atom. The van der Waals surface area contributed by atoms with Crippen molar-refractivity contribution in [3.05, 3.63) is 52.6 Å². The van der Waals surface area contributed by atoms with Crippen LogP contribution in [-0.2, 0) is 10.0 Å². The molecule has 0 aliphatic carbocycles. The Balaban J connectivity index is 2.48. The lowest BCUT2D eigenvalue weighted by molar-refractivity contribution is 0.498. The summed E-state index contributed by atoms with van der Waals surface area (Å²) in [5.74, 6) is -4.27. The molecule has 0 amide bonds. The number of sulfonamides is 1. The third-order valence-electron chi connectivity index (χ3n) is 2.53. The number of aromatic nitrogens is 1. The van der Waals surface area contributed by atoms with Crippen LogP contribution in [0.2, 0.25) is 5.15 Å². The number of aryl methyl sites for hydroxylation is 1. The Morgan fingerprint density at radius 1 is 1.14 bits per heavy atom. The first-order valence-corrected chi connectivity index (χ1v) is 7.37. The van der Waals surface area contributed by atoms with E-state index in [1.54, 1.807) is 0 Å². The molecule has 2 aromatic rings. The Morgan fingerprint density at radius 3 is 2.24 bits per heavy atom. The SMILES string of the molecule is Cc1nc(Cl)ccc1NS(=O)(=O)c1c(F)cc(F)cc1F. The minimum Gasteiger partial charge on any atom is -0.278 e. The summed E-state index contributed by atoms with van der Waals surface area (Å²) in [6, 6.07) is 3.17. The number of benzene rings is 1. The van der Waals surface area contributed by atoms with Gasteiger partial charge in [-0.2, -0.15) is 0 Å². The summed E-state index contributed by atoms with van der Waals surface area (Å²) in [6.07, 6.45) is 0. The number of rotatable bonds is 3. The monoisotopic (exact) mass is 336 g/mol. The van der Waals surface area contributed by atoms with Gasteiger partial charge in [0.2, 0.25) is 0 Å². The standard InChI is InChI=1S/C12H8ClF3N2O2S/c1-6-10(2-3-11(13)17-6)18-21(19,20)12-8(15)4-7(14)5-9(12)16/h2-5,18H,1H3. The summed E-state index contributed by atoms with van der Waals surface area (Å²) in [4.78, 5) is 2.54. The lowest BCUT2D eigenvalue weighted by atomic mass is 10.3. The van der Waals surface area contributed by atoms with Crippen LogP contribution in [0.3, 0.4) is 0 Å². The maximum atomic E-state index is 13.5. The van der Waals surface area contributed by atoms with Crippen molar-refractivity contribution in [2.75, 3.05) is 4.72 Å². The molecule has 0 aliphatic rings. The molecule has 4 nitrogen and oxygen atoms in total. The molecule has 0 saturated heterocycles. The van der Waals surface area contributed by atoms with Crippen LogP contribution in [-0.4, -0.2) is 13.4 Å². The first kappa shape index (κ1) is 15.6. The molecular weight excluding hydrogens is 329 g/mol. The van der Waals surface area contributed by atoms with Gasteiger partial charge in [-0.1, -0.05) is 11.6 Å². The van der Waals surface area contributed by atoms with E-state index in [1.165, 1.54) is 19.1 Å². The Hall–Kier alpha value is -1.80. The highest BCUT2D eigenvalue weighted by Crippen LogP contribution is 2.24. The van der Waals surface area contributed by atoms with Gasteiger partial charge in [0.15, 0.2) is 4.90 Å². The third-order valence-corrected chi connectivity index (χ3v) is 4.15. The van der Waals surface area contributed by atoms with E-state index < -0.39 is 32.4 Å². The minimum atomic E-state index is -4.58. The molecule has 1 aromatic heterocycles. The maximum Gasteiger partial charge on any atom is 0.267 e. The molecule has 0 radical (unpaired) electrons. The van der Waals surface area contributed by atoms with Crippen molar-refractivity contribution in [3.8, 4) is 0 Å². The quantitative estimate of drug-likeness (QED) is 0.875. The van der Waals surface area contributed by atoms with Gasteiger partial charge in [-0.3, -0.25) is 4.72 Å². The van der Waals surface area contributed by atoms with Crippen LogP contribution in [0, 0.1) is 24.4 Å². The topological polar surface area (TPSA) is 59.1 Å². The third kappa shape index (κ3) is 3.27. The van der Waals surface area contributed by atoms with Gasteiger partial charge in [0.25, 0.3) is 10.0 Å². The largest absolute Gasteiger partial charge is 0.278 e. The van der Waals surface area contributed by atoms with Gasteiger partial charge in [0.1, 0.15) is 22.6 Å². The average molecular weight is 337 g/mol. The second-order valence-electron chi connectivity index (χ2n) is 4.07. The van der Waals surface area contributed by atoms with Gasteiger partial charge in [0, 0.05) is 12.1 Å². The lowest BCUT2D eigenvalue weighted by Crippen LogP contribution is -2.17. The van der Waals surface area contributed by atoms with Gasteiger partial charge in [-0.05, 0) is 19.1 Å². The molecule has 0 atom stereocenters. The van der Waals surface area contributed by atoms with Crippen LogP contribution in [0.15, 0.2) is 29.2 Å². The van der Waals surface area contributed by atoms with Crippen molar-refractivity contribution < 1.29 is 21.6 Å². The number of nitrogens with one attached hydrogen (secondary N) is 1. The van der Waals surface area contributed by atoms with E-state index in [9.17, 15) is 21.6 Å². The number of halogens is 4. The van der Waals surface area contributed by atoms with E-state index in [-0.39, 0.29) is 28.7 Å². The fourth-order valence-corrected chi connectivity index (χ4v) is 3.05. The summed E-state index contributed by atoms with van der Waals surface area (Å²) in [5.41, 5.74) is 0.219. The van der Waals surface area contributed by atoms with E-state index in [0.717, 1.165) is 0 Å². The zero-order chi connectivity index (χ0) is 15.8. The van der Waals surface area contributed by atoms with Gasteiger partial charge in [-0.15, -0.1) is 0 Å². The van der Waals surface area contributed by atoms with Gasteiger partial charge in [0.05, 0.1) is 11.4 Å². The molecule has 112 valence electrons. The predicted molar refractivity (Wildman–Crippen MR) is 71.1 cm³/mol. The first-order valence-electron chi connectivity index (χ1n) is 5.51. The molecule has 9 heteroatoms. The van der Waals surface area contributed by atoms with Crippen molar-refractivity contribution in [2.45, 2.75) is 11.8 Å². The summed E-state index contributed by atoms with van der Waals surface area (Å²) in [7, 11) is -4.58. The molecule has 1 aromatic carbocycles.